The van der Waals surface area contributed by atoms with Crippen molar-refractivity contribution in [3.05, 3.63) is 47.4 Å². The van der Waals surface area contributed by atoms with Crippen LogP contribution in [0.15, 0.2) is 35.0 Å². The molecule has 0 aliphatic rings. The van der Waals surface area contributed by atoms with E-state index in [1.54, 1.807) is 11.6 Å². The van der Waals surface area contributed by atoms with Crippen LogP contribution in [0.2, 0.25) is 5.02 Å². The summed E-state index contributed by atoms with van der Waals surface area (Å²) in [4.78, 5) is 4.23. The average molecular weight is 276 g/mol. The second kappa shape index (κ2) is 4.81. The zero-order valence-corrected chi connectivity index (χ0v) is 10.9. The molecular formula is C12H10ClN5O. The minimum absolute atomic E-state index is 0.362. The molecule has 0 amide bonds. The highest BCUT2D eigenvalue weighted by Gasteiger charge is 2.13. The molecule has 7 heteroatoms. The molecule has 0 radical (unpaired) electrons. The number of aryl methyl sites for hydroxylation is 1. The van der Waals surface area contributed by atoms with E-state index >= 15 is 0 Å². The van der Waals surface area contributed by atoms with Gasteiger partial charge in [-0.05, 0) is 12.1 Å². The topological polar surface area (TPSA) is 69.6 Å². The van der Waals surface area contributed by atoms with Crippen molar-refractivity contribution in [3.8, 4) is 11.4 Å². The molecule has 0 aliphatic heterocycles. The SMILES string of the molecule is Cc1nnc(Cn2ncnc2-c2ccccc2Cl)o1. The summed E-state index contributed by atoms with van der Waals surface area (Å²) >= 11 is 6.16. The number of aromatic nitrogens is 5. The van der Waals surface area contributed by atoms with Crippen molar-refractivity contribution < 1.29 is 4.42 Å². The first-order valence-electron chi connectivity index (χ1n) is 5.66. The number of hydrogen-bond donors (Lipinski definition) is 0. The van der Waals surface area contributed by atoms with Gasteiger partial charge in [-0.25, -0.2) is 9.67 Å². The number of rotatable bonds is 3. The monoisotopic (exact) mass is 275 g/mol. The summed E-state index contributed by atoms with van der Waals surface area (Å²) < 4.78 is 7.01. The molecule has 2 heterocycles. The van der Waals surface area contributed by atoms with E-state index < -0.39 is 0 Å². The molecule has 0 saturated heterocycles. The number of benzene rings is 1. The Kier molecular flexibility index (Phi) is 3.00. The summed E-state index contributed by atoms with van der Waals surface area (Å²) in [7, 11) is 0. The first-order valence-corrected chi connectivity index (χ1v) is 6.03. The first kappa shape index (κ1) is 11.9. The van der Waals surface area contributed by atoms with Gasteiger partial charge in [0.2, 0.25) is 11.8 Å². The molecule has 0 saturated carbocycles. The van der Waals surface area contributed by atoms with E-state index in [4.69, 9.17) is 16.0 Å². The molecule has 0 unspecified atom stereocenters. The molecular weight excluding hydrogens is 266 g/mol. The molecule has 19 heavy (non-hydrogen) atoms. The van der Waals surface area contributed by atoms with Gasteiger partial charge in [-0.15, -0.1) is 10.2 Å². The van der Waals surface area contributed by atoms with Crippen molar-refractivity contribution in [1.82, 2.24) is 25.0 Å². The maximum absolute atomic E-state index is 6.16. The molecule has 1 aromatic carbocycles. The van der Waals surface area contributed by atoms with E-state index in [1.165, 1.54) is 6.33 Å². The lowest BCUT2D eigenvalue weighted by atomic mass is 10.2. The fraction of sp³-hybridized carbons (Fsp3) is 0.167. The van der Waals surface area contributed by atoms with Gasteiger partial charge < -0.3 is 4.42 Å². The lowest BCUT2D eigenvalue weighted by Gasteiger charge is -2.05. The fourth-order valence-corrected chi connectivity index (χ4v) is 1.98. The van der Waals surface area contributed by atoms with Crippen molar-refractivity contribution in [1.29, 1.82) is 0 Å². The van der Waals surface area contributed by atoms with Gasteiger partial charge in [-0.1, -0.05) is 23.7 Å². The normalized spacial score (nSPS) is 10.8. The quantitative estimate of drug-likeness (QED) is 0.734. The van der Waals surface area contributed by atoms with Crippen molar-refractivity contribution in [2.75, 3.05) is 0 Å². The van der Waals surface area contributed by atoms with Crippen molar-refractivity contribution in [2.24, 2.45) is 0 Å². The average Bonchev–Trinajstić information content (AvgIpc) is 3.00. The number of nitrogens with zero attached hydrogens (tertiary/aromatic N) is 5. The summed E-state index contributed by atoms with van der Waals surface area (Å²) in [6.45, 7) is 2.11. The number of hydrogen-bond acceptors (Lipinski definition) is 5. The Labute approximate surface area is 114 Å². The minimum atomic E-state index is 0.362. The Morgan fingerprint density at radius 2 is 2.11 bits per heavy atom. The highest BCUT2D eigenvalue weighted by molar-refractivity contribution is 6.33. The van der Waals surface area contributed by atoms with E-state index in [0.29, 0.717) is 29.2 Å². The van der Waals surface area contributed by atoms with E-state index in [0.717, 1.165) is 5.56 Å². The van der Waals surface area contributed by atoms with Crippen molar-refractivity contribution in [3.63, 3.8) is 0 Å². The van der Waals surface area contributed by atoms with Crippen LogP contribution in [0.25, 0.3) is 11.4 Å². The van der Waals surface area contributed by atoms with Crippen LogP contribution in [0.1, 0.15) is 11.8 Å². The van der Waals surface area contributed by atoms with Gasteiger partial charge in [0.15, 0.2) is 5.82 Å². The third kappa shape index (κ3) is 2.34. The van der Waals surface area contributed by atoms with Crippen LogP contribution in [0.4, 0.5) is 0 Å². The van der Waals surface area contributed by atoms with Crippen LogP contribution in [0, 0.1) is 6.92 Å². The van der Waals surface area contributed by atoms with E-state index in [-0.39, 0.29) is 0 Å². The third-order valence-corrected chi connectivity index (χ3v) is 2.91. The van der Waals surface area contributed by atoms with E-state index in [9.17, 15) is 0 Å². The Morgan fingerprint density at radius 3 is 2.84 bits per heavy atom. The second-order valence-corrected chi connectivity index (χ2v) is 4.34. The largest absolute Gasteiger partial charge is 0.424 e. The summed E-state index contributed by atoms with van der Waals surface area (Å²) in [6.07, 6.45) is 1.47. The van der Waals surface area contributed by atoms with E-state index in [1.807, 2.05) is 24.3 Å². The molecule has 0 fully saturated rings. The smallest absolute Gasteiger partial charge is 0.238 e. The van der Waals surface area contributed by atoms with Crippen molar-refractivity contribution >= 4 is 11.6 Å². The lowest BCUT2D eigenvalue weighted by molar-refractivity contribution is 0.445. The van der Waals surface area contributed by atoms with Gasteiger partial charge in [0, 0.05) is 12.5 Å². The zero-order valence-electron chi connectivity index (χ0n) is 10.1. The van der Waals surface area contributed by atoms with Gasteiger partial charge >= 0.3 is 0 Å². The minimum Gasteiger partial charge on any atom is -0.424 e. The van der Waals surface area contributed by atoms with Crippen molar-refractivity contribution in [2.45, 2.75) is 13.5 Å². The second-order valence-electron chi connectivity index (χ2n) is 3.94. The third-order valence-electron chi connectivity index (χ3n) is 2.58. The van der Waals surface area contributed by atoms with Crippen LogP contribution < -0.4 is 0 Å². The van der Waals surface area contributed by atoms with E-state index in [2.05, 4.69) is 20.3 Å². The Hall–Kier alpha value is -2.21. The molecule has 0 spiro atoms. The molecule has 3 aromatic rings. The fourth-order valence-electron chi connectivity index (χ4n) is 1.76. The molecule has 0 atom stereocenters. The highest BCUT2D eigenvalue weighted by Crippen LogP contribution is 2.25. The number of halogens is 1. The van der Waals surface area contributed by atoms with Gasteiger partial charge in [0.1, 0.15) is 12.9 Å². The summed E-state index contributed by atoms with van der Waals surface area (Å²) in [5.74, 6) is 1.67. The molecule has 3 rings (SSSR count). The van der Waals surface area contributed by atoms with Crippen LogP contribution in [0.5, 0.6) is 0 Å². The van der Waals surface area contributed by atoms with Crippen LogP contribution in [0.3, 0.4) is 0 Å². The molecule has 0 bridgehead atoms. The maximum Gasteiger partial charge on any atom is 0.238 e. The maximum atomic E-state index is 6.16. The standard InChI is InChI=1S/C12H10ClN5O/c1-8-16-17-11(19-8)6-18-12(14-7-15-18)9-4-2-3-5-10(9)13/h2-5,7H,6H2,1H3. The molecule has 2 aromatic heterocycles. The Balaban J connectivity index is 1.97. The Morgan fingerprint density at radius 1 is 1.26 bits per heavy atom. The molecule has 96 valence electrons. The first-order chi connectivity index (χ1) is 9.24. The predicted octanol–water partition coefficient (Wildman–Crippen LogP) is 2.34. The van der Waals surface area contributed by atoms with Crippen LogP contribution >= 0.6 is 11.6 Å². The van der Waals surface area contributed by atoms with Crippen LogP contribution in [-0.2, 0) is 6.54 Å². The van der Waals surface area contributed by atoms with Gasteiger partial charge in [0.25, 0.3) is 0 Å². The van der Waals surface area contributed by atoms with Gasteiger partial charge in [-0.3, -0.25) is 0 Å². The zero-order chi connectivity index (χ0) is 13.2. The lowest BCUT2D eigenvalue weighted by Crippen LogP contribution is -2.04. The Bertz CT molecular complexity index is 705. The summed E-state index contributed by atoms with van der Waals surface area (Å²) in [5.41, 5.74) is 0.818. The summed E-state index contributed by atoms with van der Waals surface area (Å²) in [6, 6.07) is 7.47. The highest BCUT2D eigenvalue weighted by atomic mass is 35.5. The molecule has 0 N–H and O–H groups in total. The molecule has 0 aliphatic carbocycles. The van der Waals surface area contributed by atoms with Gasteiger partial charge in [-0.2, -0.15) is 5.10 Å². The van der Waals surface area contributed by atoms with Crippen LogP contribution in [-0.4, -0.2) is 25.0 Å². The predicted molar refractivity (Wildman–Crippen MR) is 68.6 cm³/mol. The summed E-state index contributed by atoms with van der Waals surface area (Å²) in [5, 5.41) is 12.5. The van der Waals surface area contributed by atoms with Gasteiger partial charge in [0.05, 0.1) is 5.02 Å². The molecule has 6 nitrogen and oxygen atoms in total.